The van der Waals surface area contributed by atoms with E-state index in [2.05, 4.69) is 26.9 Å². The van der Waals surface area contributed by atoms with Crippen molar-refractivity contribution in [3.05, 3.63) is 23.1 Å². The molecular formula is C19H18F3N5O8S3. The molecule has 3 rings (SSSR count). The molecule has 1 aromatic heterocycles. The van der Waals surface area contributed by atoms with Gasteiger partial charge in [0.1, 0.15) is 21.9 Å². The van der Waals surface area contributed by atoms with Crippen LogP contribution in [-0.2, 0) is 28.8 Å². The number of β-lactam (4-membered cyclic amide) rings is 1. The predicted molar refractivity (Wildman–Crippen MR) is 130 cm³/mol. The van der Waals surface area contributed by atoms with E-state index in [1.54, 1.807) is 6.92 Å². The molecule has 0 radical (unpaired) electrons. The van der Waals surface area contributed by atoms with Gasteiger partial charge in [0.15, 0.2) is 10.8 Å². The second-order valence-corrected chi connectivity index (χ2v) is 11.3. The molecule has 2 aliphatic rings. The topological polar surface area (TPSA) is 188 Å². The minimum atomic E-state index is -5.20. The van der Waals surface area contributed by atoms with Crippen LogP contribution in [0.25, 0.3) is 0 Å². The van der Waals surface area contributed by atoms with Gasteiger partial charge in [-0.15, -0.1) is 34.9 Å². The lowest BCUT2D eigenvalue weighted by atomic mass is 9.98. The fourth-order valence-electron chi connectivity index (χ4n) is 3.43. The van der Waals surface area contributed by atoms with Gasteiger partial charge in [0.05, 0.1) is 0 Å². The zero-order chi connectivity index (χ0) is 28.4. The first-order chi connectivity index (χ1) is 17.7. The average Bonchev–Trinajstić information content (AvgIpc) is 3.28. The van der Waals surface area contributed by atoms with Crippen molar-refractivity contribution < 1.29 is 52.2 Å². The third-order valence-corrected chi connectivity index (χ3v) is 9.04. The number of carboxylic acid groups (broad SMARTS) is 2. The lowest BCUT2D eigenvalue weighted by Crippen LogP contribution is -2.76. The van der Waals surface area contributed by atoms with Gasteiger partial charge in [0.25, 0.3) is 5.91 Å². The zero-order valence-corrected chi connectivity index (χ0v) is 21.5. The van der Waals surface area contributed by atoms with E-state index in [1.165, 1.54) is 15.6 Å². The van der Waals surface area contributed by atoms with Gasteiger partial charge in [-0.25, -0.2) is 9.78 Å². The molecule has 0 bridgehead atoms. The molecule has 1 aromatic rings. The summed E-state index contributed by atoms with van der Waals surface area (Å²) in [5.74, 6) is -6.56. The molecule has 3 unspecified atom stereocenters. The van der Waals surface area contributed by atoms with Crippen LogP contribution in [0.1, 0.15) is 12.6 Å². The summed E-state index contributed by atoms with van der Waals surface area (Å²) in [6, 6.07) is -1.12. The number of hydrogen-bond donors (Lipinski definition) is 4. The number of hydrogen-bond acceptors (Lipinski definition) is 11. The summed E-state index contributed by atoms with van der Waals surface area (Å²) in [7, 11) is 0. The maximum atomic E-state index is 13.0. The number of amides is 3. The molecule has 13 nitrogen and oxygen atoms in total. The summed E-state index contributed by atoms with van der Waals surface area (Å²) in [6.45, 7) is 4.09. The number of oxime groups is 1. The van der Waals surface area contributed by atoms with Crippen LogP contribution < -0.4 is 10.6 Å². The number of carboxylic acids is 2. The van der Waals surface area contributed by atoms with Crippen molar-refractivity contribution in [2.24, 2.45) is 5.16 Å². The molecule has 0 spiro atoms. The van der Waals surface area contributed by atoms with Gasteiger partial charge in [0, 0.05) is 17.2 Å². The number of aliphatic carboxylic acids is 2. The summed E-state index contributed by atoms with van der Waals surface area (Å²) < 4.78 is 36.2. The van der Waals surface area contributed by atoms with Gasteiger partial charge in [-0.2, -0.15) is 13.2 Å². The number of nitrogens with zero attached hydrogens (tertiary/aromatic N) is 3. The van der Waals surface area contributed by atoms with Crippen molar-refractivity contribution in [3.63, 3.8) is 0 Å². The van der Waals surface area contributed by atoms with Gasteiger partial charge in [0.2, 0.25) is 12.5 Å². The quantitative estimate of drug-likeness (QED) is 0.171. The predicted octanol–water partition coefficient (Wildman–Crippen LogP) is 0.938. The summed E-state index contributed by atoms with van der Waals surface area (Å²) >= 11 is 2.62. The van der Waals surface area contributed by atoms with Gasteiger partial charge >= 0.3 is 24.0 Å². The molecule has 2 saturated heterocycles. The number of carbonyl (C=O) groups excluding carboxylic acids is 3. The van der Waals surface area contributed by atoms with E-state index in [4.69, 9.17) is 5.11 Å². The van der Waals surface area contributed by atoms with Crippen LogP contribution in [0, 0.1) is 0 Å². The van der Waals surface area contributed by atoms with Gasteiger partial charge in [-0.05, 0) is 5.41 Å². The van der Waals surface area contributed by atoms with Gasteiger partial charge in [-0.1, -0.05) is 18.7 Å². The maximum Gasteiger partial charge on any atom is 0.471 e. The average molecular weight is 598 g/mol. The van der Waals surface area contributed by atoms with E-state index in [-0.39, 0.29) is 12.2 Å². The molecule has 3 heterocycles. The number of rotatable bonds is 10. The molecule has 0 aliphatic carbocycles. The highest BCUT2D eigenvalue weighted by Crippen LogP contribution is 2.48. The Bertz CT molecular complexity index is 1210. The Morgan fingerprint density at radius 2 is 2.08 bits per heavy atom. The molecule has 2 fully saturated rings. The Labute approximate surface area is 223 Å². The summed E-state index contributed by atoms with van der Waals surface area (Å²) in [5, 5.41) is 26.6. The van der Waals surface area contributed by atoms with Crippen molar-refractivity contribution in [2.75, 3.05) is 18.5 Å². The molecule has 19 heteroatoms. The molecule has 0 saturated carbocycles. The van der Waals surface area contributed by atoms with Gasteiger partial charge < -0.3 is 25.3 Å². The summed E-state index contributed by atoms with van der Waals surface area (Å²) in [5.41, 5.74) is -1.03. The van der Waals surface area contributed by atoms with E-state index in [9.17, 15) is 42.3 Å². The monoisotopic (exact) mass is 597 g/mol. The van der Waals surface area contributed by atoms with Crippen LogP contribution >= 0.6 is 34.9 Å². The smallest absolute Gasteiger partial charge is 0.471 e. The number of carbonyl (C=O) groups is 5. The Hall–Kier alpha value is -3.32. The molecular weight excluding hydrogens is 579 g/mol. The van der Waals surface area contributed by atoms with Crippen molar-refractivity contribution in [2.45, 2.75) is 34.5 Å². The first-order valence-electron chi connectivity index (χ1n) is 10.3. The van der Waals surface area contributed by atoms with Crippen LogP contribution in [0.4, 0.5) is 18.3 Å². The van der Waals surface area contributed by atoms with E-state index < -0.39 is 74.7 Å². The number of thiazole rings is 1. The number of anilines is 1. The number of halogens is 3. The normalized spacial score (nSPS) is 25.1. The summed E-state index contributed by atoms with van der Waals surface area (Å²) in [4.78, 5) is 69.2. The van der Waals surface area contributed by atoms with E-state index >= 15 is 0 Å². The molecule has 4 atom stereocenters. The summed E-state index contributed by atoms with van der Waals surface area (Å²) in [6.07, 6.45) is -5.20. The van der Waals surface area contributed by atoms with Crippen LogP contribution in [-0.4, -0.2) is 96.2 Å². The highest BCUT2D eigenvalue weighted by molar-refractivity contribution is 8.07. The lowest BCUT2D eigenvalue weighted by Gasteiger charge is -2.55. The molecule has 0 aromatic carbocycles. The lowest BCUT2D eigenvalue weighted by molar-refractivity contribution is -0.167. The second-order valence-electron chi connectivity index (χ2n) is 7.66. The number of nitrogens with one attached hydrogen (secondary N) is 2. The van der Waals surface area contributed by atoms with Crippen LogP contribution in [0.5, 0.6) is 0 Å². The van der Waals surface area contributed by atoms with Crippen LogP contribution in [0.2, 0.25) is 0 Å². The largest absolute Gasteiger partial charge is 0.480 e. The molecule has 38 heavy (non-hydrogen) atoms. The minimum Gasteiger partial charge on any atom is -0.480 e. The van der Waals surface area contributed by atoms with E-state index in [1.807, 2.05) is 0 Å². The van der Waals surface area contributed by atoms with Crippen molar-refractivity contribution in [1.82, 2.24) is 15.2 Å². The third kappa shape index (κ3) is 5.88. The number of fused-ring (bicyclic) bond motifs is 1. The SMILES string of the molecule is C=CSC1(C(=O)O)CN2C(=O)C(NC(=O)C(=NOCC(=O)O)c3csc(NC(=O)C(F)(F)F)n3)[C@H]2SC1C. The maximum absolute atomic E-state index is 13.0. The first-order valence-corrected chi connectivity index (χ1v) is 13.0. The third-order valence-electron chi connectivity index (χ3n) is 5.27. The second kappa shape index (κ2) is 11.2. The highest BCUT2D eigenvalue weighted by atomic mass is 32.2. The van der Waals surface area contributed by atoms with Crippen molar-refractivity contribution >= 4 is 75.4 Å². The fraction of sp³-hybridized carbons (Fsp3) is 0.421. The van der Waals surface area contributed by atoms with Crippen molar-refractivity contribution in [1.29, 1.82) is 0 Å². The zero-order valence-electron chi connectivity index (χ0n) is 19.1. The number of thioether (sulfide) groups is 2. The Morgan fingerprint density at radius 3 is 2.66 bits per heavy atom. The molecule has 206 valence electrons. The van der Waals surface area contributed by atoms with E-state index in [0.29, 0.717) is 11.3 Å². The minimum absolute atomic E-state index is 0.153. The van der Waals surface area contributed by atoms with Crippen molar-refractivity contribution in [3.8, 4) is 0 Å². The molecule has 3 amide bonds. The van der Waals surface area contributed by atoms with E-state index in [0.717, 1.165) is 28.9 Å². The first kappa shape index (κ1) is 29.2. The van der Waals surface area contributed by atoms with Crippen LogP contribution in [0.3, 0.4) is 0 Å². The number of aromatic nitrogens is 1. The Balaban J connectivity index is 1.79. The molecule has 2 aliphatic heterocycles. The fourth-order valence-corrected chi connectivity index (χ4v) is 6.73. The standard InChI is InChI=1S/C19H18F3N5O8S3/c1-3-37-18(16(33)34)6-27-13(31)11(14(27)38-7(18)2)24-12(30)10(26-35-4-9(28)29)8-5-36-17(23-8)25-15(32)19(20,21)22/h3,5,7,11,14H,1,4,6H2,2H3,(H,24,30)(H,28,29)(H,33,34)(H,23,25,32)/t7?,11?,14-,18?/m1/s1. The van der Waals surface area contributed by atoms with Crippen LogP contribution in [0.15, 0.2) is 22.5 Å². The molecule has 4 N–H and O–H groups in total. The highest BCUT2D eigenvalue weighted by Gasteiger charge is 2.60. The number of alkyl halides is 3. The Morgan fingerprint density at radius 1 is 1.39 bits per heavy atom. The Kier molecular flexibility index (Phi) is 8.62. The van der Waals surface area contributed by atoms with Gasteiger partial charge in [-0.3, -0.25) is 24.5 Å².